The standard InChI is InChI=1S/C13H27NOS2/c1-4-6-14-12(10-15-7-5-2)13-11(3)16-8-9-17-13/h11-14H,4-10H2,1-3H3. The van der Waals surface area contributed by atoms with Crippen LogP contribution >= 0.6 is 23.5 Å². The van der Waals surface area contributed by atoms with Crippen molar-refractivity contribution in [3.63, 3.8) is 0 Å². The maximum atomic E-state index is 5.76. The minimum atomic E-state index is 0.522. The summed E-state index contributed by atoms with van der Waals surface area (Å²) in [5.74, 6) is 2.59. The van der Waals surface area contributed by atoms with E-state index in [1.807, 2.05) is 0 Å². The Morgan fingerprint density at radius 1 is 1.24 bits per heavy atom. The fourth-order valence-electron chi connectivity index (χ4n) is 2.05. The zero-order valence-corrected chi connectivity index (χ0v) is 13.0. The van der Waals surface area contributed by atoms with Crippen molar-refractivity contribution in [2.24, 2.45) is 0 Å². The van der Waals surface area contributed by atoms with Gasteiger partial charge in [-0.1, -0.05) is 20.8 Å². The number of hydrogen-bond donors (Lipinski definition) is 1. The lowest BCUT2D eigenvalue weighted by Gasteiger charge is -2.35. The van der Waals surface area contributed by atoms with Gasteiger partial charge in [-0.3, -0.25) is 0 Å². The van der Waals surface area contributed by atoms with E-state index < -0.39 is 0 Å². The average molecular weight is 277 g/mol. The number of rotatable bonds is 8. The molecule has 0 aromatic carbocycles. The first-order valence-corrected chi connectivity index (χ1v) is 8.93. The molecule has 0 radical (unpaired) electrons. The molecule has 1 fully saturated rings. The van der Waals surface area contributed by atoms with Crippen LogP contribution in [-0.4, -0.2) is 47.8 Å². The van der Waals surface area contributed by atoms with Crippen LogP contribution in [0, 0.1) is 0 Å². The molecule has 4 heteroatoms. The second kappa shape index (κ2) is 9.54. The highest BCUT2D eigenvalue weighted by atomic mass is 32.2. The van der Waals surface area contributed by atoms with E-state index in [1.165, 1.54) is 17.9 Å². The first-order valence-electron chi connectivity index (χ1n) is 6.83. The molecule has 0 aromatic rings. The van der Waals surface area contributed by atoms with Crippen LogP contribution in [0.3, 0.4) is 0 Å². The minimum Gasteiger partial charge on any atom is -0.380 e. The summed E-state index contributed by atoms with van der Waals surface area (Å²) in [7, 11) is 0. The van der Waals surface area contributed by atoms with Crippen molar-refractivity contribution in [1.82, 2.24) is 5.32 Å². The number of ether oxygens (including phenoxy) is 1. The summed E-state index contributed by atoms with van der Waals surface area (Å²) < 4.78 is 5.76. The first-order chi connectivity index (χ1) is 8.29. The second-order valence-corrected chi connectivity index (χ2v) is 7.32. The number of hydrogen-bond acceptors (Lipinski definition) is 4. The molecule has 0 saturated carbocycles. The lowest BCUT2D eigenvalue weighted by atomic mass is 10.1. The zero-order valence-electron chi connectivity index (χ0n) is 11.4. The monoisotopic (exact) mass is 277 g/mol. The van der Waals surface area contributed by atoms with Gasteiger partial charge in [0.25, 0.3) is 0 Å². The number of nitrogens with one attached hydrogen (secondary N) is 1. The molecule has 1 heterocycles. The highest BCUT2D eigenvalue weighted by molar-refractivity contribution is 8.07. The van der Waals surface area contributed by atoms with Gasteiger partial charge in [-0.2, -0.15) is 23.5 Å². The fourth-order valence-corrected chi connectivity index (χ4v) is 4.99. The topological polar surface area (TPSA) is 21.3 Å². The Labute approximate surface area is 115 Å². The molecular formula is C13H27NOS2. The van der Waals surface area contributed by atoms with Crippen LogP contribution in [-0.2, 0) is 4.74 Å². The quantitative estimate of drug-likeness (QED) is 0.688. The Morgan fingerprint density at radius 3 is 2.65 bits per heavy atom. The Kier molecular flexibility index (Phi) is 8.79. The van der Waals surface area contributed by atoms with E-state index in [1.54, 1.807) is 0 Å². The smallest absolute Gasteiger partial charge is 0.0630 e. The van der Waals surface area contributed by atoms with E-state index in [0.717, 1.165) is 31.4 Å². The maximum absolute atomic E-state index is 5.76. The van der Waals surface area contributed by atoms with Crippen LogP contribution in [0.1, 0.15) is 33.6 Å². The van der Waals surface area contributed by atoms with Gasteiger partial charge in [-0.25, -0.2) is 0 Å². The Bertz CT molecular complexity index is 192. The van der Waals surface area contributed by atoms with Crippen molar-refractivity contribution in [1.29, 1.82) is 0 Å². The summed E-state index contributed by atoms with van der Waals surface area (Å²) in [4.78, 5) is 0. The summed E-state index contributed by atoms with van der Waals surface area (Å²) in [6.07, 6.45) is 2.31. The molecule has 3 atom stereocenters. The molecule has 1 N–H and O–H groups in total. The van der Waals surface area contributed by atoms with Crippen molar-refractivity contribution >= 4 is 23.5 Å². The molecule has 1 aliphatic rings. The minimum absolute atomic E-state index is 0.522. The predicted octanol–water partition coefficient (Wildman–Crippen LogP) is 3.02. The molecular weight excluding hydrogens is 250 g/mol. The summed E-state index contributed by atoms with van der Waals surface area (Å²) >= 11 is 4.24. The van der Waals surface area contributed by atoms with Gasteiger partial charge in [0.2, 0.25) is 0 Å². The third kappa shape index (κ3) is 5.86. The molecule has 1 aliphatic heterocycles. The van der Waals surface area contributed by atoms with Gasteiger partial charge < -0.3 is 10.1 Å². The van der Waals surface area contributed by atoms with Crippen molar-refractivity contribution in [2.75, 3.05) is 31.3 Å². The summed E-state index contributed by atoms with van der Waals surface area (Å²) in [5, 5.41) is 5.12. The van der Waals surface area contributed by atoms with Gasteiger partial charge >= 0.3 is 0 Å². The van der Waals surface area contributed by atoms with Gasteiger partial charge in [0.15, 0.2) is 0 Å². The Morgan fingerprint density at radius 2 is 2.00 bits per heavy atom. The normalized spacial score (nSPS) is 27.0. The lowest BCUT2D eigenvalue weighted by Crippen LogP contribution is -2.47. The van der Waals surface area contributed by atoms with Crippen molar-refractivity contribution in [3.8, 4) is 0 Å². The molecule has 1 rings (SSSR count). The second-order valence-electron chi connectivity index (χ2n) is 4.55. The van der Waals surface area contributed by atoms with Crippen LogP contribution in [0.15, 0.2) is 0 Å². The lowest BCUT2D eigenvalue weighted by molar-refractivity contribution is 0.111. The molecule has 0 aromatic heterocycles. The third-order valence-corrected chi connectivity index (χ3v) is 6.19. The molecule has 1 saturated heterocycles. The van der Waals surface area contributed by atoms with Gasteiger partial charge in [0.1, 0.15) is 0 Å². The van der Waals surface area contributed by atoms with Crippen LogP contribution in [0.25, 0.3) is 0 Å². The van der Waals surface area contributed by atoms with Crippen LogP contribution < -0.4 is 5.32 Å². The van der Waals surface area contributed by atoms with E-state index in [0.29, 0.717) is 11.3 Å². The average Bonchev–Trinajstić information content (AvgIpc) is 2.35. The molecule has 3 unspecified atom stereocenters. The van der Waals surface area contributed by atoms with E-state index in [2.05, 4.69) is 49.6 Å². The Hall–Kier alpha value is 0.620. The molecule has 2 nitrogen and oxygen atoms in total. The van der Waals surface area contributed by atoms with Gasteiger partial charge in [0, 0.05) is 34.7 Å². The van der Waals surface area contributed by atoms with Crippen LogP contribution in [0.4, 0.5) is 0 Å². The molecule has 17 heavy (non-hydrogen) atoms. The van der Waals surface area contributed by atoms with Crippen molar-refractivity contribution < 1.29 is 4.74 Å². The van der Waals surface area contributed by atoms with E-state index in [9.17, 15) is 0 Å². The van der Waals surface area contributed by atoms with Gasteiger partial charge in [-0.15, -0.1) is 0 Å². The van der Waals surface area contributed by atoms with Crippen molar-refractivity contribution in [3.05, 3.63) is 0 Å². The van der Waals surface area contributed by atoms with Crippen molar-refractivity contribution in [2.45, 2.75) is 50.2 Å². The van der Waals surface area contributed by atoms with E-state index in [4.69, 9.17) is 4.74 Å². The molecule has 0 bridgehead atoms. The van der Waals surface area contributed by atoms with E-state index >= 15 is 0 Å². The van der Waals surface area contributed by atoms with Gasteiger partial charge in [-0.05, 0) is 19.4 Å². The summed E-state index contributed by atoms with van der Waals surface area (Å²) in [6.45, 7) is 9.63. The fraction of sp³-hybridized carbons (Fsp3) is 1.00. The van der Waals surface area contributed by atoms with Gasteiger partial charge in [0.05, 0.1) is 6.61 Å². The highest BCUT2D eigenvalue weighted by Crippen LogP contribution is 2.33. The molecule has 0 aliphatic carbocycles. The SMILES string of the molecule is CCCNC(COCCC)C1SCCSC1C. The predicted molar refractivity (Wildman–Crippen MR) is 81.4 cm³/mol. The molecule has 0 amide bonds. The summed E-state index contributed by atoms with van der Waals surface area (Å²) in [5.41, 5.74) is 0. The molecule has 0 spiro atoms. The zero-order chi connectivity index (χ0) is 12.5. The first kappa shape index (κ1) is 15.7. The van der Waals surface area contributed by atoms with E-state index in [-0.39, 0.29) is 0 Å². The molecule has 102 valence electrons. The largest absolute Gasteiger partial charge is 0.380 e. The highest BCUT2D eigenvalue weighted by Gasteiger charge is 2.29. The summed E-state index contributed by atoms with van der Waals surface area (Å²) in [6, 6.07) is 0.522. The van der Waals surface area contributed by atoms with Crippen LogP contribution in [0.2, 0.25) is 0 Å². The maximum Gasteiger partial charge on any atom is 0.0630 e. The number of thioether (sulfide) groups is 2. The Balaban J connectivity index is 2.41. The van der Waals surface area contributed by atoms with Crippen LogP contribution in [0.5, 0.6) is 0 Å². The third-order valence-electron chi connectivity index (χ3n) is 2.94.